The number of hydrogen-bond acceptors (Lipinski definition) is 7. The molecule has 126 valence electrons. The summed E-state index contributed by atoms with van der Waals surface area (Å²) in [6, 6.07) is 0. The van der Waals surface area contributed by atoms with Crippen molar-refractivity contribution in [1.82, 2.24) is 4.90 Å². The highest BCUT2D eigenvalue weighted by molar-refractivity contribution is 9.09. The third kappa shape index (κ3) is 5.54. The molecule has 0 aromatic heterocycles. The maximum absolute atomic E-state index is 11.9. The van der Waals surface area contributed by atoms with Crippen molar-refractivity contribution in [1.29, 1.82) is 0 Å². The van der Waals surface area contributed by atoms with Crippen LogP contribution in [0.5, 0.6) is 0 Å². The van der Waals surface area contributed by atoms with Crippen molar-refractivity contribution >= 4 is 52.6 Å². The lowest BCUT2D eigenvalue weighted by Gasteiger charge is -2.25. The maximum Gasteiger partial charge on any atom is 0.225 e. The zero-order chi connectivity index (χ0) is 16.7. The van der Waals surface area contributed by atoms with Crippen molar-refractivity contribution < 1.29 is 22.7 Å². The van der Waals surface area contributed by atoms with Gasteiger partial charge in [0.25, 0.3) is 0 Å². The maximum atomic E-state index is 11.9. The summed E-state index contributed by atoms with van der Waals surface area (Å²) in [5, 5.41) is 0.365. The van der Waals surface area contributed by atoms with E-state index in [0.717, 1.165) is 0 Å². The quantitative estimate of drug-likeness (QED) is 0.285. The molecule has 1 amide bonds. The van der Waals surface area contributed by atoms with E-state index in [1.54, 1.807) is 0 Å². The molecule has 6 nitrogen and oxygen atoms in total. The minimum atomic E-state index is -0.515. The molecule has 1 heterocycles. The fraction of sp³-hybridized carbons (Fsp3) is 0.692. The van der Waals surface area contributed by atoms with Crippen molar-refractivity contribution in [3.63, 3.8) is 0 Å². The van der Waals surface area contributed by atoms with Gasteiger partial charge in [-0.2, -0.15) is 0 Å². The predicted molar refractivity (Wildman–Crippen MR) is 91.7 cm³/mol. The number of hydrogen-bond donors (Lipinski definition) is 1. The normalized spacial score (nSPS) is 25.3. The van der Waals surface area contributed by atoms with Gasteiger partial charge in [-0.15, -0.1) is 0 Å². The highest BCUT2D eigenvalue weighted by Crippen LogP contribution is 2.28. The lowest BCUT2D eigenvalue weighted by Crippen LogP contribution is -2.36. The Kier molecular flexibility index (Phi) is 9.03. The van der Waals surface area contributed by atoms with Gasteiger partial charge < -0.3 is 13.1 Å². The number of ether oxygens (including phenoxy) is 1. The summed E-state index contributed by atoms with van der Waals surface area (Å²) in [6.45, 7) is 3.21. The van der Waals surface area contributed by atoms with Gasteiger partial charge in [0.2, 0.25) is 5.91 Å². The second-order valence-corrected chi connectivity index (χ2v) is 6.07. The average molecular weight is 414 g/mol. The van der Waals surface area contributed by atoms with E-state index in [9.17, 15) is 9.59 Å². The minimum absolute atomic E-state index is 0.106. The Morgan fingerprint density at radius 1 is 1.50 bits per heavy atom. The van der Waals surface area contributed by atoms with Crippen molar-refractivity contribution in [2.75, 3.05) is 18.2 Å². The van der Waals surface area contributed by atoms with Crippen molar-refractivity contribution in [2.45, 2.75) is 38.7 Å². The van der Waals surface area contributed by atoms with Crippen LogP contribution in [0.3, 0.4) is 0 Å². The number of halogens is 1. The van der Waals surface area contributed by atoms with Gasteiger partial charge in [0.15, 0.2) is 5.78 Å². The molecule has 1 saturated heterocycles. The average Bonchev–Trinajstić information content (AvgIpc) is 2.88. The molecule has 0 saturated carbocycles. The summed E-state index contributed by atoms with van der Waals surface area (Å²) in [4.78, 5) is 24.9. The van der Waals surface area contributed by atoms with Crippen LogP contribution < -0.4 is 0 Å². The number of Topliss-reactive ketones (excluding diaryl/α,β-unsaturated/α-hetero) is 1. The molecule has 1 rings (SSSR count). The number of allylic oxidation sites excluding steroid dienone is 1. The lowest BCUT2D eigenvalue weighted by molar-refractivity contribution is -0.138. The van der Waals surface area contributed by atoms with Gasteiger partial charge in [-0.05, 0) is 31.9 Å². The van der Waals surface area contributed by atoms with Crippen molar-refractivity contribution in [3.8, 4) is 0 Å². The molecule has 0 spiro atoms. The number of amides is 1. The molecule has 0 radical (unpaired) electrons. The first-order chi connectivity index (χ1) is 10.4. The zero-order valence-electron chi connectivity index (χ0n) is 12.7. The van der Waals surface area contributed by atoms with Crippen LogP contribution in [0.25, 0.3) is 0 Å². The van der Waals surface area contributed by atoms with Gasteiger partial charge in [-0.25, -0.2) is 0 Å². The molecular formula is C13H20BrNO5S2. The first-order valence-electron chi connectivity index (χ1n) is 6.62. The van der Waals surface area contributed by atoms with Crippen molar-refractivity contribution in [3.05, 3.63) is 11.8 Å². The Balaban J connectivity index is 2.89. The van der Waals surface area contributed by atoms with E-state index in [2.05, 4.69) is 28.8 Å². The molecule has 1 aliphatic rings. The standard InChI is InChI=1S/C13H20BrNO5S2/c1-8(16)10(5-14)6-15(9(2)17)13-4-11(20-21)12(19-13)7-18-22-3/h6,11-13,21H,4-5,7H2,1-3H3/b10-6-/t11-,12-,13-/m1/s1. The monoisotopic (exact) mass is 413 g/mol. The van der Waals surface area contributed by atoms with Gasteiger partial charge >= 0.3 is 0 Å². The van der Waals surface area contributed by atoms with Crippen molar-refractivity contribution in [2.24, 2.45) is 0 Å². The number of ketones is 1. The van der Waals surface area contributed by atoms with E-state index in [1.165, 1.54) is 37.0 Å². The third-order valence-electron chi connectivity index (χ3n) is 3.23. The van der Waals surface area contributed by atoms with Crippen LogP contribution in [0.15, 0.2) is 11.8 Å². The van der Waals surface area contributed by atoms with Crippen LogP contribution in [0.4, 0.5) is 0 Å². The van der Waals surface area contributed by atoms with Gasteiger partial charge in [0.05, 0.1) is 6.61 Å². The molecule has 22 heavy (non-hydrogen) atoms. The molecule has 3 atom stereocenters. The second kappa shape index (κ2) is 9.94. The van der Waals surface area contributed by atoms with Gasteiger partial charge in [0, 0.05) is 36.7 Å². The molecule has 0 aliphatic carbocycles. The summed E-state index contributed by atoms with van der Waals surface area (Å²) < 4.78 is 16.2. The van der Waals surface area contributed by atoms with Gasteiger partial charge in [0.1, 0.15) is 18.4 Å². The van der Waals surface area contributed by atoms with E-state index < -0.39 is 6.23 Å². The Bertz CT molecular complexity index is 435. The van der Waals surface area contributed by atoms with E-state index in [4.69, 9.17) is 13.1 Å². The molecule has 0 aromatic rings. The number of carbonyl (C=O) groups excluding carboxylic acids is 2. The Morgan fingerprint density at radius 2 is 2.18 bits per heavy atom. The third-order valence-corrected chi connectivity index (χ3v) is 4.48. The smallest absolute Gasteiger partial charge is 0.225 e. The van der Waals surface area contributed by atoms with Crippen LogP contribution in [-0.4, -0.2) is 53.2 Å². The Morgan fingerprint density at radius 3 is 2.64 bits per heavy atom. The molecule has 0 aromatic carbocycles. The molecule has 1 aliphatic heterocycles. The largest absolute Gasteiger partial charge is 0.349 e. The molecular weight excluding hydrogens is 394 g/mol. The summed E-state index contributed by atoms with van der Waals surface area (Å²) in [7, 11) is 0. The summed E-state index contributed by atoms with van der Waals surface area (Å²) >= 11 is 8.33. The van der Waals surface area contributed by atoms with Crippen LogP contribution in [0.1, 0.15) is 20.3 Å². The minimum Gasteiger partial charge on any atom is -0.349 e. The van der Waals surface area contributed by atoms with Gasteiger partial charge in [-0.1, -0.05) is 15.9 Å². The first kappa shape index (κ1) is 20.0. The van der Waals surface area contributed by atoms with E-state index in [0.29, 0.717) is 23.9 Å². The van der Waals surface area contributed by atoms with E-state index in [-0.39, 0.29) is 23.9 Å². The van der Waals surface area contributed by atoms with E-state index >= 15 is 0 Å². The highest BCUT2D eigenvalue weighted by atomic mass is 79.9. The summed E-state index contributed by atoms with van der Waals surface area (Å²) in [6.07, 6.45) is 2.66. The second-order valence-electron chi connectivity index (χ2n) is 4.73. The fourth-order valence-corrected chi connectivity index (χ4v) is 3.06. The SMILES string of the molecule is CSOC[C@H]1O[C@@H](N(/C=C(/CBr)C(C)=O)C(C)=O)C[C@H]1OS. The van der Waals surface area contributed by atoms with E-state index in [1.807, 2.05) is 6.26 Å². The fourth-order valence-electron chi connectivity index (χ4n) is 2.03. The first-order valence-corrected chi connectivity index (χ1v) is 9.26. The van der Waals surface area contributed by atoms with Crippen LogP contribution in [0, 0.1) is 0 Å². The highest BCUT2D eigenvalue weighted by Gasteiger charge is 2.39. The molecule has 0 bridgehead atoms. The Labute approximate surface area is 148 Å². The number of alkyl halides is 1. The molecule has 1 fully saturated rings. The number of nitrogens with zero attached hydrogens (tertiary/aromatic N) is 1. The van der Waals surface area contributed by atoms with Crippen LogP contribution >= 0.6 is 40.9 Å². The topological polar surface area (TPSA) is 65.1 Å². The summed E-state index contributed by atoms with van der Waals surface area (Å²) in [5.41, 5.74) is 0.492. The number of thiol groups is 1. The molecule has 0 N–H and O–H groups in total. The number of carbonyl (C=O) groups is 2. The lowest BCUT2D eigenvalue weighted by atomic mass is 10.2. The van der Waals surface area contributed by atoms with Crippen LogP contribution in [-0.2, 0) is 22.7 Å². The van der Waals surface area contributed by atoms with Gasteiger partial charge in [-0.3, -0.25) is 14.5 Å². The molecule has 0 unspecified atom stereocenters. The van der Waals surface area contributed by atoms with Crippen LogP contribution in [0.2, 0.25) is 0 Å². The number of rotatable bonds is 8. The Hall–Kier alpha value is -0.0600. The zero-order valence-corrected chi connectivity index (χ0v) is 15.9. The summed E-state index contributed by atoms with van der Waals surface area (Å²) in [5.74, 6) is -0.320. The molecule has 9 heteroatoms. The predicted octanol–water partition coefficient (Wildman–Crippen LogP) is 2.34.